The third kappa shape index (κ3) is 3.90. The number of likely N-dealkylation sites (tertiary alicyclic amines) is 2. The van der Waals surface area contributed by atoms with Crippen LogP contribution in [0.4, 0.5) is 0 Å². The molecule has 0 aromatic carbocycles. The lowest BCUT2D eigenvalue weighted by atomic mass is 9.70. The molecule has 2 fully saturated rings. The number of β-lactam (4-membered cyclic amide) rings is 1. The molecule has 4 amide bonds. The molecule has 0 aliphatic carbocycles. The second kappa shape index (κ2) is 7.61. The molecule has 0 aromatic heterocycles. The smallest absolute Gasteiger partial charge is 0.240 e. The number of carbonyl (C=O) groups is 4. The zero-order valence-corrected chi connectivity index (χ0v) is 14.9. The van der Waals surface area contributed by atoms with Gasteiger partial charge in [-0.1, -0.05) is 0 Å². The van der Waals surface area contributed by atoms with Crippen LogP contribution in [0.3, 0.4) is 0 Å². The highest BCUT2D eigenvalue weighted by molar-refractivity contribution is 7.80. The summed E-state index contributed by atoms with van der Waals surface area (Å²) in [6, 6.07) is -1.46. The van der Waals surface area contributed by atoms with Crippen LogP contribution in [0, 0.1) is 5.41 Å². The summed E-state index contributed by atoms with van der Waals surface area (Å²) in [7, 11) is 0. The second-order valence-electron chi connectivity index (χ2n) is 6.75. The summed E-state index contributed by atoms with van der Waals surface area (Å²) in [5, 5.41) is 0. The van der Waals surface area contributed by atoms with Crippen LogP contribution in [-0.4, -0.2) is 70.9 Å². The van der Waals surface area contributed by atoms with Gasteiger partial charge < -0.3 is 27.0 Å². The molecule has 2 atom stereocenters. The van der Waals surface area contributed by atoms with Crippen LogP contribution in [0.25, 0.3) is 0 Å². The van der Waals surface area contributed by atoms with Gasteiger partial charge >= 0.3 is 0 Å². The van der Waals surface area contributed by atoms with E-state index in [-0.39, 0.29) is 30.4 Å². The van der Waals surface area contributed by atoms with E-state index in [2.05, 4.69) is 12.6 Å². The first kappa shape index (κ1) is 19.5. The zero-order chi connectivity index (χ0) is 18.8. The van der Waals surface area contributed by atoms with E-state index in [9.17, 15) is 19.2 Å². The Morgan fingerprint density at radius 3 is 2.24 bits per heavy atom. The molecule has 0 saturated carbocycles. The molecular formula is C15H25N5O4S. The molecule has 140 valence electrons. The number of primary amides is 2. The first-order valence-corrected chi connectivity index (χ1v) is 8.89. The van der Waals surface area contributed by atoms with E-state index in [1.165, 1.54) is 4.90 Å². The molecule has 0 unspecified atom stereocenters. The Hall–Kier alpha value is -1.81. The van der Waals surface area contributed by atoms with Crippen LogP contribution < -0.4 is 17.2 Å². The lowest BCUT2D eigenvalue weighted by Gasteiger charge is -2.54. The lowest BCUT2D eigenvalue weighted by molar-refractivity contribution is -0.173. The van der Waals surface area contributed by atoms with Crippen molar-refractivity contribution in [2.24, 2.45) is 22.6 Å². The number of carbonyl (C=O) groups excluding carboxylic acids is 4. The van der Waals surface area contributed by atoms with Crippen molar-refractivity contribution < 1.29 is 19.2 Å². The van der Waals surface area contributed by atoms with Crippen LogP contribution in [-0.2, 0) is 19.2 Å². The average Bonchev–Trinajstić information content (AvgIpc) is 2.59. The third-order valence-electron chi connectivity index (χ3n) is 5.10. The Bertz CT molecular complexity index is 576. The van der Waals surface area contributed by atoms with E-state index in [4.69, 9.17) is 17.2 Å². The number of rotatable bonds is 7. The maximum absolute atomic E-state index is 12.7. The molecule has 0 radical (unpaired) electrons. The second-order valence-corrected chi connectivity index (χ2v) is 7.12. The quantitative estimate of drug-likeness (QED) is 0.296. The Morgan fingerprint density at radius 1 is 1.20 bits per heavy atom. The van der Waals surface area contributed by atoms with Crippen molar-refractivity contribution >= 4 is 36.3 Å². The van der Waals surface area contributed by atoms with Gasteiger partial charge in [-0.15, -0.1) is 0 Å². The molecule has 2 saturated heterocycles. The van der Waals surface area contributed by atoms with Gasteiger partial charge in [0, 0.05) is 31.8 Å². The van der Waals surface area contributed by atoms with Crippen molar-refractivity contribution in [2.45, 2.75) is 37.8 Å². The number of hydrogen-bond donors (Lipinski definition) is 4. The average molecular weight is 371 g/mol. The first-order chi connectivity index (χ1) is 11.7. The molecule has 2 heterocycles. The summed E-state index contributed by atoms with van der Waals surface area (Å²) in [4.78, 5) is 50.4. The Labute approximate surface area is 151 Å². The molecule has 0 aromatic rings. The van der Waals surface area contributed by atoms with Gasteiger partial charge in [0.05, 0.1) is 11.5 Å². The fourth-order valence-corrected chi connectivity index (χ4v) is 3.66. The Balaban J connectivity index is 1.94. The predicted octanol–water partition coefficient (Wildman–Crippen LogP) is -2.19. The van der Waals surface area contributed by atoms with E-state index in [0.717, 1.165) is 0 Å². The molecule has 9 nitrogen and oxygen atoms in total. The van der Waals surface area contributed by atoms with Gasteiger partial charge in [-0.2, -0.15) is 12.6 Å². The van der Waals surface area contributed by atoms with Crippen molar-refractivity contribution in [3.05, 3.63) is 0 Å². The van der Waals surface area contributed by atoms with Gasteiger partial charge in [-0.3, -0.25) is 19.2 Å². The van der Waals surface area contributed by atoms with Crippen LogP contribution in [0.1, 0.15) is 25.7 Å². The first-order valence-electron chi connectivity index (χ1n) is 8.26. The monoisotopic (exact) mass is 371 g/mol. The zero-order valence-electron chi connectivity index (χ0n) is 14.0. The molecule has 25 heavy (non-hydrogen) atoms. The van der Waals surface area contributed by atoms with Crippen molar-refractivity contribution in [3.8, 4) is 0 Å². The maximum atomic E-state index is 12.7. The molecule has 2 aliphatic heterocycles. The van der Waals surface area contributed by atoms with E-state index < -0.39 is 29.3 Å². The molecule has 1 spiro atoms. The van der Waals surface area contributed by atoms with Gasteiger partial charge in [0.25, 0.3) is 0 Å². The highest BCUT2D eigenvalue weighted by Crippen LogP contribution is 2.43. The number of nitrogens with zero attached hydrogens (tertiary/aromatic N) is 2. The van der Waals surface area contributed by atoms with Gasteiger partial charge in [0.2, 0.25) is 23.6 Å². The molecule has 2 rings (SSSR count). The fourth-order valence-electron chi connectivity index (χ4n) is 3.50. The van der Waals surface area contributed by atoms with Gasteiger partial charge in [0.1, 0.15) is 6.04 Å². The van der Waals surface area contributed by atoms with Crippen molar-refractivity contribution in [2.75, 3.05) is 25.4 Å². The number of thiol groups is 1. The SMILES string of the molecule is NC(=O)CC[C@@H](C(N)=O)N1CC2(CCN(C(=O)[C@@H](N)CS)CC2)C1=O. The molecular weight excluding hydrogens is 346 g/mol. The maximum Gasteiger partial charge on any atom is 0.240 e. The van der Waals surface area contributed by atoms with Crippen molar-refractivity contribution in [1.82, 2.24) is 9.80 Å². The summed E-state index contributed by atoms with van der Waals surface area (Å²) in [5.41, 5.74) is 15.6. The fraction of sp³-hybridized carbons (Fsp3) is 0.733. The van der Waals surface area contributed by atoms with E-state index >= 15 is 0 Å². The lowest BCUT2D eigenvalue weighted by Crippen LogP contribution is -2.69. The van der Waals surface area contributed by atoms with Crippen molar-refractivity contribution in [1.29, 1.82) is 0 Å². The topological polar surface area (TPSA) is 153 Å². The van der Waals surface area contributed by atoms with Gasteiger partial charge in [-0.05, 0) is 19.3 Å². The highest BCUT2D eigenvalue weighted by atomic mass is 32.1. The Kier molecular flexibility index (Phi) is 5.94. The minimum absolute atomic E-state index is 0.00567. The van der Waals surface area contributed by atoms with Crippen LogP contribution >= 0.6 is 12.6 Å². The third-order valence-corrected chi connectivity index (χ3v) is 5.50. The summed E-state index contributed by atoms with van der Waals surface area (Å²) < 4.78 is 0. The minimum Gasteiger partial charge on any atom is -0.370 e. The summed E-state index contributed by atoms with van der Waals surface area (Å²) in [6.07, 6.45) is 1.17. The van der Waals surface area contributed by atoms with Crippen LogP contribution in [0.15, 0.2) is 0 Å². The highest BCUT2D eigenvalue weighted by Gasteiger charge is 2.56. The van der Waals surface area contributed by atoms with Gasteiger partial charge in [0.15, 0.2) is 0 Å². The molecule has 10 heteroatoms. The normalized spacial score (nSPS) is 21.6. The van der Waals surface area contributed by atoms with E-state index in [1.807, 2.05) is 0 Å². The van der Waals surface area contributed by atoms with Crippen LogP contribution in [0.5, 0.6) is 0 Å². The molecule has 0 bridgehead atoms. The predicted molar refractivity (Wildman–Crippen MR) is 93.2 cm³/mol. The van der Waals surface area contributed by atoms with Crippen LogP contribution in [0.2, 0.25) is 0 Å². The number of hydrogen-bond acceptors (Lipinski definition) is 6. The molecule has 6 N–H and O–H groups in total. The van der Waals surface area contributed by atoms with Gasteiger partial charge in [-0.25, -0.2) is 0 Å². The minimum atomic E-state index is -0.817. The summed E-state index contributed by atoms with van der Waals surface area (Å²) in [6.45, 7) is 1.30. The van der Waals surface area contributed by atoms with E-state index in [1.54, 1.807) is 4.90 Å². The number of nitrogens with two attached hydrogens (primary N) is 3. The van der Waals surface area contributed by atoms with E-state index in [0.29, 0.717) is 32.5 Å². The number of amides is 4. The molecule has 2 aliphatic rings. The number of piperidine rings is 1. The standard InChI is InChI=1S/C15H25N5O4S/c16-9(7-25)13(23)19-5-3-15(4-6-19)8-20(14(15)24)10(12(18)22)1-2-11(17)21/h9-10,25H,1-8,16H2,(H2,17,21)(H2,18,22)/t9-,10-/m0/s1. The van der Waals surface area contributed by atoms with Crippen molar-refractivity contribution in [3.63, 3.8) is 0 Å². The summed E-state index contributed by atoms with van der Waals surface area (Å²) >= 11 is 4.03. The Morgan fingerprint density at radius 2 is 1.80 bits per heavy atom. The summed E-state index contributed by atoms with van der Waals surface area (Å²) in [5.74, 6) is -1.22. The largest absolute Gasteiger partial charge is 0.370 e.